The summed E-state index contributed by atoms with van der Waals surface area (Å²) in [6, 6.07) is 7.65. The first-order valence-corrected chi connectivity index (χ1v) is 9.28. The highest BCUT2D eigenvalue weighted by atomic mass is 35.5. The molecule has 0 unspecified atom stereocenters. The van der Waals surface area contributed by atoms with Gasteiger partial charge in [0.2, 0.25) is 0 Å². The Labute approximate surface area is 144 Å². The zero-order valence-electron chi connectivity index (χ0n) is 12.8. The molecule has 4 nitrogen and oxygen atoms in total. The molecule has 1 saturated carbocycles. The smallest absolute Gasteiger partial charge is 0.262 e. The van der Waals surface area contributed by atoms with Gasteiger partial charge in [-0.3, -0.25) is 9.36 Å². The topological polar surface area (TPSA) is 58.7 Å². The third-order valence-electron chi connectivity index (χ3n) is 4.19. The molecule has 1 fully saturated rings. The minimum atomic E-state index is 0.0290. The van der Waals surface area contributed by atoms with Crippen molar-refractivity contribution in [3.8, 4) is 6.07 Å². The minimum Gasteiger partial charge on any atom is -0.284 e. The molecule has 0 N–H and O–H groups in total. The lowest BCUT2D eigenvalue weighted by Crippen LogP contribution is -2.26. The van der Waals surface area contributed by atoms with Crippen molar-refractivity contribution in [2.24, 2.45) is 0 Å². The third kappa shape index (κ3) is 3.54. The molecule has 1 aromatic heterocycles. The van der Waals surface area contributed by atoms with Gasteiger partial charge in [0, 0.05) is 23.2 Å². The van der Waals surface area contributed by atoms with E-state index in [4.69, 9.17) is 21.8 Å². The van der Waals surface area contributed by atoms with E-state index in [0.29, 0.717) is 22.3 Å². The van der Waals surface area contributed by atoms with E-state index in [2.05, 4.69) is 6.07 Å². The third-order valence-corrected chi connectivity index (χ3v) is 5.46. The van der Waals surface area contributed by atoms with E-state index in [0.717, 1.165) is 43.0 Å². The standard InChI is InChI=1S/C17H18ClN3OS/c18-12-7-8-14-15(11-12)20-17(23-10-4-3-9-19)21(16(14)22)13-5-1-2-6-13/h7-8,11,13H,1-6,10H2. The zero-order valence-corrected chi connectivity index (χ0v) is 14.4. The lowest BCUT2D eigenvalue weighted by molar-refractivity contribution is 0.457. The summed E-state index contributed by atoms with van der Waals surface area (Å²) in [5.74, 6) is 0.790. The summed E-state index contributed by atoms with van der Waals surface area (Å²) in [7, 11) is 0. The number of aromatic nitrogens is 2. The van der Waals surface area contributed by atoms with E-state index >= 15 is 0 Å². The molecular formula is C17H18ClN3OS. The van der Waals surface area contributed by atoms with Gasteiger partial charge in [-0.05, 0) is 37.5 Å². The second-order valence-electron chi connectivity index (χ2n) is 5.78. The van der Waals surface area contributed by atoms with Gasteiger partial charge >= 0.3 is 0 Å². The number of hydrogen-bond acceptors (Lipinski definition) is 4. The van der Waals surface area contributed by atoms with E-state index in [1.54, 1.807) is 30.0 Å². The average molecular weight is 348 g/mol. The van der Waals surface area contributed by atoms with E-state index in [-0.39, 0.29) is 11.6 Å². The summed E-state index contributed by atoms with van der Waals surface area (Å²) < 4.78 is 1.88. The predicted octanol–water partition coefficient (Wildman–Crippen LogP) is 4.56. The van der Waals surface area contributed by atoms with Crippen molar-refractivity contribution < 1.29 is 0 Å². The fourth-order valence-corrected chi connectivity index (χ4v) is 4.22. The molecule has 0 atom stereocenters. The van der Waals surface area contributed by atoms with Gasteiger partial charge in [-0.2, -0.15) is 5.26 Å². The highest BCUT2D eigenvalue weighted by molar-refractivity contribution is 7.99. The van der Waals surface area contributed by atoms with Crippen LogP contribution in [0.2, 0.25) is 5.02 Å². The van der Waals surface area contributed by atoms with Crippen LogP contribution in [-0.2, 0) is 0 Å². The van der Waals surface area contributed by atoms with Crippen molar-refractivity contribution in [3.05, 3.63) is 33.6 Å². The van der Waals surface area contributed by atoms with Crippen LogP contribution < -0.4 is 5.56 Å². The van der Waals surface area contributed by atoms with Crippen molar-refractivity contribution >= 4 is 34.3 Å². The molecule has 0 bridgehead atoms. The van der Waals surface area contributed by atoms with Crippen molar-refractivity contribution in [2.75, 3.05) is 5.75 Å². The van der Waals surface area contributed by atoms with Crippen LogP contribution >= 0.6 is 23.4 Å². The largest absolute Gasteiger partial charge is 0.284 e. The first kappa shape index (κ1) is 16.4. The summed E-state index contributed by atoms with van der Waals surface area (Å²) >= 11 is 7.61. The summed E-state index contributed by atoms with van der Waals surface area (Å²) in [4.78, 5) is 17.6. The molecule has 6 heteroatoms. The molecule has 0 aliphatic heterocycles. The molecule has 1 aliphatic rings. The van der Waals surface area contributed by atoms with Gasteiger partial charge in [-0.15, -0.1) is 0 Å². The Morgan fingerprint density at radius 1 is 1.39 bits per heavy atom. The zero-order chi connectivity index (χ0) is 16.2. The number of benzene rings is 1. The van der Waals surface area contributed by atoms with Crippen molar-refractivity contribution in [1.29, 1.82) is 5.26 Å². The van der Waals surface area contributed by atoms with Gasteiger partial charge in [0.1, 0.15) is 0 Å². The van der Waals surface area contributed by atoms with Crippen LogP contribution in [0.4, 0.5) is 0 Å². The Balaban J connectivity index is 2.04. The van der Waals surface area contributed by atoms with Gasteiger partial charge in [0.05, 0.1) is 17.0 Å². The molecule has 1 heterocycles. The first-order valence-electron chi connectivity index (χ1n) is 7.92. The maximum Gasteiger partial charge on any atom is 0.262 e. The van der Waals surface area contributed by atoms with Crippen LogP contribution in [-0.4, -0.2) is 15.3 Å². The fraction of sp³-hybridized carbons (Fsp3) is 0.471. The van der Waals surface area contributed by atoms with Crippen LogP contribution in [0.5, 0.6) is 0 Å². The van der Waals surface area contributed by atoms with E-state index in [9.17, 15) is 4.79 Å². The summed E-state index contributed by atoms with van der Waals surface area (Å²) in [5, 5.41) is 10.6. The Kier molecular flexibility index (Phi) is 5.24. The summed E-state index contributed by atoms with van der Waals surface area (Å²) in [6.07, 6.45) is 5.72. The maximum atomic E-state index is 13.0. The predicted molar refractivity (Wildman–Crippen MR) is 94.1 cm³/mol. The van der Waals surface area contributed by atoms with Gasteiger partial charge < -0.3 is 0 Å². The minimum absolute atomic E-state index is 0.0290. The van der Waals surface area contributed by atoms with Crippen LogP contribution in [0.3, 0.4) is 0 Å². The molecule has 0 saturated heterocycles. The molecule has 120 valence electrons. The number of nitriles is 1. The number of rotatable bonds is 5. The van der Waals surface area contributed by atoms with E-state index in [1.807, 2.05) is 4.57 Å². The summed E-state index contributed by atoms with van der Waals surface area (Å²) in [5.41, 5.74) is 0.681. The quantitative estimate of drug-likeness (QED) is 0.452. The maximum absolute atomic E-state index is 13.0. The number of hydrogen-bond donors (Lipinski definition) is 0. The number of halogens is 1. The molecule has 1 aliphatic carbocycles. The molecule has 0 radical (unpaired) electrons. The van der Waals surface area contributed by atoms with Crippen LogP contribution in [0.25, 0.3) is 10.9 Å². The van der Waals surface area contributed by atoms with Crippen LogP contribution in [0.1, 0.15) is 44.6 Å². The van der Waals surface area contributed by atoms with E-state index < -0.39 is 0 Å². The van der Waals surface area contributed by atoms with Crippen LogP contribution in [0, 0.1) is 11.3 Å². The Morgan fingerprint density at radius 2 is 2.17 bits per heavy atom. The molecule has 2 aromatic rings. The van der Waals surface area contributed by atoms with E-state index in [1.165, 1.54) is 0 Å². The molecular weight excluding hydrogens is 330 g/mol. The monoisotopic (exact) mass is 347 g/mol. The second kappa shape index (κ2) is 7.37. The van der Waals surface area contributed by atoms with Gasteiger partial charge in [-0.25, -0.2) is 4.98 Å². The van der Waals surface area contributed by atoms with Crippen molar-refractivity contribution in [2.45, 2.75) is 49.7 Å². The van der Waals surface area contributed by atoms with Crippen LogP contribution in [0.15, 0.2) is 28.2 Å². The van der Waals surface area contributed by atoms with Gasteiger partial charge in [0.25, 0.3) is 5.56 Å². The molecule has 3 rings (SSSR count). The molecule has 23 heavy (non-hydrogen) atoms. The number of thioether (sulfide) groups is 1. The van der Waals surface area contributed by atoms with Crippen molar-refractivity contribution in [3.63, 3.8) is 0 Å². The second-order valence-corrected chi connectivity index (χ2v) is 7.28. The number of fused-ring (bicyclic) bond motifs is 1. The fourth-order valence-electron chi connectivity index (χ4n) is 3.05. The van der Waals surface area contributed by atoms with Gasteiger partial charge in [-0.1, -0.05) is 36.2 Å². The lowest BCUT2D eigenvalue weighted by atomic mass is 10.2. The molecule has 0 spiro atoms. The highest BCUT2D eigenvalue weighted by Gasteiger charge is 2.23. The SMILES string of the molecule is N#CCCCSc1nc2cc(Cl)ccc2c(=O)n1C1CCCC1. The number of unbranched alkanes of at least 4 members (excludes halogenated alkanes) is 1. The van der Waals surface area contributed by atoms with Crippen molar-refractivity contribution in [1.82, 2.24) is 9.55 Å². The Morgan fingerprint density at radius 3 is 2.91 bits per heavy atom. The normalized spacial score (nSPS) is 15.1. The Bertz CT molecular complexity index is 806. The summed E-state index contributed by atoms with van der Waals surface area (Å²) in [6.45, 7) is 0. The lowest BCUT2D eigenvalue weighted by Gasteiger charge is -2.18. The highest BCUT2D eigenvalue weighted by Crippen LogP contribution is 2.32. The number of nitrogens with zero attached hydrogens (tertiary/aromatic N) is 3. The molecule has 1 aromatic carbocycles. The average Bonchev–Trinajstić information content (AvgIpc) is 3.05. The first-order chi connectivity index (χ1) is 11.2. The van der Waals surface area contributed by atoms with Gasteiger partial charge in [0.15, 0.2) is 5.16 Å². The Hall–Kier alpha value is -1.51. The molecule has 0 amide bonds.